The van der Waals surface area contributed by atoms with Crippen LogP contribution in [0.25, 0.3) is 10.9 Å². The van der Waals surface area contributed by atoms with Crippen molar-refractivity contribution in [1.82, 2.24) is 20.1 Å². The van der Waals surface area contributed by atoms with Gasteiger partial charge in [0.25, 0.3) is 0 Å². The molecular weight excluding hydrogens is 458 g/mol. The highest BCUT2D eigenvalue weighted by molar-refractivity contribution is 7.15. The zero-order valence-corrected chi connectivity index (χ0v) is 21.2. The van der Waals surface area contributed by atoms with Crippen LogP contribution in [0.2, 0.25) is 0 Å². The molecule has 0 aliphatic rings. The second kappa shape index (κ2) is 14.0. The zero-order valence-electron chi connectivity index (χ0n) is 20.4. The summed E-state index contributed by atoms with van der Waals surface area (Å²) in [6.07, 6.45) is 5.24. The van der Waals surface area contributed by atoms with Crippen LogP contribution in [0.3, 0.4) is 0 Å². The number of nitrogens with one attached hydrogen (secondary N) is 2. The summed E-state index contributed by atoms with van der Waals surface area (Å²) < 4.78 is 2.15. The number of anilines is 1. The standard InChI is InChI=1S/C25H27N5O2S.C2H6/c31-22(26-15-17-30-16-14-20-10-4-5-11-21(20)30)12-6-7-13-24-28-29-25(33-24)27-23(32)18-19-8-2-1-3-9-19;1-2/h1-5,8-11,14,16H,6-7,12-13,15,17-18H2,(H,26,31)(H,27,29,32);1-2H3. The Bertz CT molecular complexity index is 1200. The first-order valence-corrected chi connectivity index (χ1v) is 13.0. The molecule has 8 heteroatoms. The Hall–Kier alpha value is -3.52. The van der Waals surface area contributed by atoms with Crippen molar-refractivity contribution in [3.63, 3.8) is 0 Å². The summed E-state index contributed by atoms with van der Waals surface area (Å²) in [6, 6.07) is 19.9. The molecule has 4 rings (SSSR count). The number of benzene rings is 2. The van der Waals surface area contributed by atoms with Gasteiger partial charge in [0.1, 0.15) is 5.01 Å². The lowest BCUT2D eigenvalue weighted by Crippen LogP contribution is -2.26. The molecule has 2 aromatic carbocycles. The fraction of sp³-hybridized carbons (Fsp3) is 0.333. The van der Waals surface area contributed by atoms with E-state index in [1.165, 1.54) is 22.2 Å². The Labute approximate surface area is 210 Å². The molecule has 2 heterocycles. The van der Waals surface area contributed by atoms with Gasteiger partial charge in [0.05, 0.1) is 6.42 Å². The van der Waals surface area contributed by atoms with Gasteiger partial charge in [0.15, 0.2) is 0 Å². The average Bonchev–Trinajstić information content (AvgIpc) is 3.50. The molecule has 0 spiro atoms. The summed E-state index contributed by atoms with van der Waals surface area (Å²) >= 11 is 1.39. The first kappa shape index (κ1) is 26.1. The van der Waals surface area contributed by atoms with Crippen molar-refractivity contribution >= 4 is 39.2 Å². The third-order valence-corrected chi connectivity index (χ3v) is 6.22. The SMILES string of the molecule is CC.O=C(CCCCc1nnc(NC(=O)Cc2ccccc2)s1)NCCn1ccc2ccccc21. The summed E-state index contributed by atoms with van der Waals surface area (Å²) in [5.74, 6) is -0.0360. The minimum Gasteiger partial charge on any atom is -0.354 e. The van der Waals surface area contributed by atoms with E-state index < -0.39 is 0 Å². The minimum atomic E-state index is -0.103. The Morgan fingerprint density at radius 3 is 2.51 bits per heavy atom. The van der Waals surface area contributed by atoms with Crippen LogP contribution in [0.4, 0.5) is 5.13 Å². The zero-order chi connectivity index (χ0) is 24.9. The maximum atomic E-state index is 12.1. The molecule has 2 N–H and O–H groups in total. The van der Waals surface area contributed by atoms with Gasteiger partial charge in [-0.1, -0.05) is 73.7 Å². The lowest BCUT2D eigenvalue weighted by Gasteiger charge is -2.07. The number of para-hydroxylation sites is 1. The third-order valence-electron chi connectivity index (χ3n) is 5.32. The molecule has 0 saturated heterocycles. The quantitative estimate of drug-likeness (QED) is 0.281. The molecule has 2 amide bonds. The summed E-state index contributed by atoms with van der Waals surface area (Å²) in [5, 5.41) is 16.6. The summed E-state index contributed by atoms with van der Waals surface area (Å²) in [5.41, 5.74) is 2.14. The van der Waals surface area contributed by atoms with Crippen molar-refractivity contribution in [2.75, 3.05) is 11.9 Å². The van der Waals surface area contributed by atoms with E-state index in [2.05, 4.69) is 49.8 Å². The topological polar surface area (TPSA) is 88.9 Å². The molecule has 0 bridgehead atoms. The largest absolute Gasteiger partial charge is 0.354 e. The first-order chi connectivity index (χ1) is 17.2. The fourth-order valence-electron chi connectivity index (χ4n) is 3.65. The van der Waals surface area contributed by atoms with Crippen LogP contribution in [0.15, 0.2) is 66.9 Å². The highest BCUT2D eigenvalue weighted by atomic mass is 32.1. The monoisotopic (exact) mass is 491 g/mol. The van der Waals surface area contributed by atoms with Crippen molar-refractivity contribution < 1.29 is 9.59 Å². The average molecular weight is 492 g/mol. The fourth-order valence-corrected chi connectivity index (χ4v) is 4.45. The maximum Gasteiger partial charge on any atom is 0.230 e. The van der Waals surface area contributed by atoms with Gasteiger partial charge in [0.2, 0.25) is 16.9 Å². The van der Waals surface area contributed by atoms with E-state index in [1.807, 2.05) is 56.3 Å². The number of fused-ring (bicyclic) bond motifs is 1. The van der Waals surface area contributed by atoms with Gasteiger partial charge in [-0.15, -0.1) is 10.2 Å². The number of hydrogen-bond donors (Lipinski definition) is 2. The van der Waals surface area contributed by atoms with Gasteiger partial charge < -0.3 is 15.2 Å². The van der Waals surface area contributed by atoms with E-state index in [9.17, 15) is 9.59 Å². The van der Waals surface area contributed by atoms with E-state index in [-0.39, 0.29) is 11.8 Å². The minimum absolute atomic E-state index is 0.0672. The molecule has 0 saturated carbocycles. The van der Waals surface area contributed by atoms with E-state index in [0.29, 0.717) is 24.5 Å². The predicted molar refractivity (Wildman–Crippen MR) is 143 cm³/mol. The van der Waals surface area contributed by atoms with E-state index in [1.54, 1.807) is 0 Å². The number of amides is 2. The molecule has 0 aliphatic carbocycles. The highest BCUT2D eigenvalue weighted by Gasteiger charge is 2.09. The van der Waals surface area contributed by atoms with E-state index >= 15 is 0 Å². The van der Waals surface area contributed by atoms with Crippen LogP contribution in [0, 0.1) is 0 Å². The van der Waals surface area contributed by atoms with E-state index in [0.717, 1.165) is 36.4 Å². The second-order valence-corrected chi connectivity index (χ2v) is 8.90. The van der Waals surface area contributed by atoms with Crippen LogP contribution < -0.4 is 10.6 Å². The van der Waals surface area contributed by atoms with Crippen molar-refractivity contribution in [3.8, 4) is 0 Å². The van der Waals surface area contributed by atoms with Crippen LogP contribution >= 0.6 is 11.3 Å². The van der Waals surface area contributed by atoms with Gasteiger partial charge in [-0.25, -0.2) is 0 Å². The van der Waals surface area contributed by atoms with Gasteiger partial charge in [0, 0.05) is 37.6 Å². The van der Waals surface area contributed by atoms with Crippen molar-refractivity contribution in [1.29, 1.82) is 0 Å². The van der Waals surface area contributed by atoms with Crippen molar-refractivity contribution in [2.45, 2.75) is 52.5 Å². The van der Waals surface area contributed by atoms with Gasteiger partial charge in [-0.2, -0.15) is 0 Å². The summed E-state index contributed by atoms with van der Waals surface area (Å²) in [4.78, 5) is 24.3. The highest BCUT2D eigenvalue weighted by Crippen LogP contribution is 2.18. The molecule has 0 fully saturated rings. The van der Waals surface area contributed by atoms with Crippen LogP contribution in [-0.2, 0) is 29.0 Å². The number of carbonyl (C=O) groups excluding carboxylic acids is 2. The molecule has 2 aromatic heterocycles. The molecular formula is C27H33N5O2S. The smallest absolute Gasteiger partial charge is 0.230 e. The molecule has 184 valence electrons. The Kier molecular flexibility index (Phi) is 10.4. The predicted octanol–water partition coefficient (Wildman–Crippen LogP) is 5.23. The van der Waals surface area contributed by atoms with Gasteiger partial charge >= 0.3 is 0 Å². The van der Waals surface area contributed by atoms with Gasteiger partial charge in [-0.05, 0) is 35.9 Å². The van der Waals surface area contributed by atoms with Crippen LogP contribution in [0.5, 0.6) is 0 Å². The Morgan fingerprint density at radius 2 is 1.69 bits per heavy atom. The summed E-state index contributed by atoms with van der Waals surface area (Å²) in [7, 11) is 0. The number of hydrogen-bond acceptors (Lipinski definition) is 5. The normalized spacial score (nSPS) is 10.5. The number of unbranched alkanes of at least 4 members (excludes halogenated alkanes) is 1. The first-order valence-electron chi connectivity index (χ1n) is 12.1. The third kappa shape index (κ3) is 8.33. The Balaban J connectivity index is 0.00000167. The van der Waals surface area contributed by atoms with Crippen LogP contribution in [0.1, 0.15) is 43.7 Å². The molecule has 7 nitrogen and oxygen atoms in total. The molecule has 0 unspecified atom stereocenters. The lowest BCUT2D eigenvalue weighted by atomic mass is 10.1. The number of aryl methyl sites for hydroxylation is 1. The van der Waals surface area contributed by atoms with Crippen molar-refractivity contribution in [2.24, 2.45) is 0 Å². The number of rotatable bonds is 11. The number of nitrogens with zero attached hydrogens (tertiary/aromatic N) is 3. The molecule has 35 heavy (non-hydrogen) atoms. The number of aromatic nitrogens is 3. The molecule has 4 aromatic rings. The Morgan fingerprint density at radius 1 is 0.914 bits per heavy atom. The van der Waals surface area contributed by atoms with E-state index in [4.69, 9.17) is 0 Å². The maximum absolute atomic E-state index is 12.1. The summed E-state index contributed by atoms with van der Waals surface area (Å²) in [6.45, 7) is 5.36. The second-order valence-electron chi connectivity index (χ2n) is 7.84. The van der Waals surface area contributed by atoms with Gasteiger partial charge in [-0.3, -0.25) is 9.59 Å². The molecule has 0 aliphatic heterocycles. The van der Waals surface area contributed by atoms with Crippen LogP contribution in [-0.4, -0.2) is 33.1 Å². The lowest BCUT2D eigenvalue weighted by molar-refractivity contribution is -0.121. The molecule has 0 radical (unpaired) electrons. The van der Waals surface area contributed by atoms with Crippen molar-refractivity contribution in [3.05, 3.63) is 77.4 Å². The molecule has 0 atom stereocenters. The number of carbonyl (C=O) groups is 2.